The number of hydrogen-bond acceptors (Lipinski definition) is 5. The lowest BCUT2D eigenvalue weighted by Crippen LogP contribution is -2.43. The number of fused-ring (bicyclic) bond motifs is 1. The molecular weight excluding hydrogens is 334 g/mol. The summed E-state index contributed by atoms with van der Waals surface area (Å²) in [4.78, 5) is 43.8. The van der Waals surface area contributed by atoms with Gasteiger partial charge in [0.15, 0.2) is 5.78 Å². The van der Waals surface area contributed by atoms with Gasteiger partial charge in [0.2, 0.25) is 11.5 Å². The highest BCUT2D eigenvalue weighted by Gasteiger charge is 2.52. The number of nitro groups is 1. The molecule has 3 aliphatic rings. The quantitative estimate of drug-likeness (QED) is 0.500. The van der Waals surface area contributed by atoms with Gasteiger partial charge in [-0.3, -0.25) is 9.59 Å². The third-order valence-electron chi connectivity index (χ3n) is 6.57. The van der Waals surface area contributed by atoms with Gasteiger partial charge < -0.3 is 10.1 Å². The van der Waals surface area contributed by atoms with Crippen molar-refractivity contribution in [3.05, 3.63) is 21.5 Å². The minimum Gasteiger partial charge on any atom is -0.390 e. The van der Waals surface area contributed by atoms with E-state index in [1.807, 2.05) is 0 Å². The van der Waals surface area contributed by atoms with E-state index in [0.717, 1.165) is 57.8 Å². The fourth-order valence-electron chi connectivity index (χ4n) is 5.33. The number of imidazole rings is 1. The number of nitrogens with one attached hydrogen (secondary N) is 1. The van der Waals surface area contributed by atoms with Crippen molar-refractivity contribution < 1.29 is 14.5 Å². The second-order valence-electron chi connectivity index (χ2n) is 8.10. The van der Waals surface area contributed by atoms with E-state index in [-0.39, 0.29) is 29.1 Å². The summed E-state index contributed by atoms with van der Waals surface area (Å²) in [6.45, 7) is 0. The van der Waals surface area contributed by atoms with E-state index in [9.17, 15) is 19.7 Å². The Balaban J connectivity index is 1.76. The fourth-order valence-corrected chi connectivity index (χ4v) is 5.33. The topological polar surface area (TPSA) is 106 Å². The Hall–Kier alpha value is -2.05. The van der Waals surface area contributed by atoms with Crippen LogP contribution < -0.4 is 0 Å². The molecule has 3 aliphatic carbocycles. The van der Waals surface area contributed by atoms with Crippen molar-refractivity contribution in [1.82, 2.24) is 9.97 Å². The van der Waals surface area contributed by atoms with Crippen molar-refractivity contribution in [2.75, 3.05) is 0 Å². The van der Waals surface area contributed by atoms with Gasteiger partial charge in [0.1, 0.15) is 5.69 Å². The van der Waals surface area contributed by atoms with Crippen LogP contribution in [0.1, 0.15) is 86.3 Å². The van der Waals surface area contributed by atoms with E-state index in [4.69, 9.17) is 0 Å². The molecule has 0 radical (unpaired) electrons. The minimum absolute atomic E-state index is 0.0140. The molecule has 2 atom stereocenters. The number of hydrogen-bond donors (Lipinski definition) is 1. The smallest absolute Gasteiger partial charge is 0.390 e. The van der Waals surface area contributed by atoms with E-state index in [2.05, 4.69) is 9.97 Å². The molecule has 2 unspecified atom stereocenters. The van der Waals surface area contributed by atoms with Gasteiger partial charge in [0, 0.05) is 0 Å². The van der Waals surface area contributed by atoms with E-state index in [1.54, 1.807) is 0 Å². The van der Waals surface area contributed by atoms with Crippen LogP contribution in [0.25, 0.3) is 0 Å². The maximum Gasteiger partial charge on any atom is 0.433 e. The zero-order valence-corrected chi connectivity index (χ0v) is 14.9. The molecule has 1 N–H and O–H groups in total. The number of ketones is 2. The molecule has 0 amide bonds. The zero-order chi connectivity index (χ0) is 18.3. The Morgan fingerprint density at radius 2 is 1.42 bits per heavy atom. The predicted octanol–water partition coefficient (Wildman–Crippen LogP) is 3.94. The molecule has 1 heterocycles. The molecule has 0 aromatic carbocycles. The van der Waals surface area contributed by atoms with Gasteiger partial charge >= 0.3 is 5.95 Å². The summed E-state index contributed by atoms with van der Waals surface area (Å²) in [5.41, 5.74) is 0.563. The summed E-state index contributed by atoms with van der Waals surface area (Å²) in [6, 6.07) is 0. The fraction of sp³-hybridized carbons (Fsp3) is 0.737. The molecule has 0 saturated heterocycles. The highest BCUT2D eigenvalue weighted by molar-refractivity contribution is 6.16. The molecule has 1 aromatic heterocycles. The van der Waals surface area contributed by atoms with Crippen LogP contribution in [0.15, 0.2) is 0 Å². The maximum absolute atomic E-state index is 13.4. The number of H-pyrrole nitrogens is 1. The van der Waals surface area contributed by atoms with Gasteiger partial charge in [0.05, 0.1) is 11.8 Å². The average Bonchev–Trinajstić information content (AvgIpc) is 3.09. The van der Waals surface area contributed by atoms with Crippen LogP contribution in [-0.4, -0.2) is 26.5 Å². The molecule has 7 nitrogen and oxygen atoms in total. The number of carbonyl (C=O) groups excluding carboxylic acids is 2. The van der Waals surface area contributed by atoms with Crippen molar-refractivity contribution >= 4 is 17.5 Å². The van der Waals surface area contributed by atoms with Crippen LogP contribution in [0, 0.1) is 27.9 Å². The largest absolute Gasteiger partial charge is 0.433 e. The summed E-state index contributed by atoms with van der Waals surface area (Å²) >= 11 is 0. The van der Waals surface area contributed by atoms with Gasteiger partial charge in [-0.05, 0) is 42.4 Å². The van der Waals surface area contributed by atoms with Crippen molar-refractivity contribution in [3.8, 4) is 0 Å². The van der Waals surface area contributed by atoms with Crippen LogP contribution in [0.4, 0.5) is 5.95 Å². The van der Waals surface area contributed by atoms with Crippen molar-refractivity contribution in [3.63, 3.8) is 0 Å². The lowest BCUT2D eigenvalue weighted by Gasteiger charge is -2.36. The third-order valence-corrected chi connectivity index (χ3v) is 6.57. The van der Waals surface area contributed by atoms with Crippen LogP contribution in [-0.2, 0) is 4.79 Å². The SMILES string of the molecule is O=C1c2nc([N+](=O)[O-])[nH]c2C(C2CCCCC2)C(=O)C1C1CCCCC1. The summed E-state index contributed by atoms with van der Waals surface area (Å²) in [6.07, 6.45) is 10.2. The van der Waals surface area contributed by atoms with Gasteiger partial charge in [-0.1, -0.05) is 43.5 Å². The minimum atomic E-state index is -0.655. The van der Waals surface area contributed by atoms with Crippen LogP contribution in [0.2, 0.25) is 0 Å². The normalized spacial score (nSPS) is 28.2. The lowest BCUT2D eigenvalue weighted by atomic mass is 9.64. The van der Waals surface area contributed by atoms with Crippen molar-refractivity contribution in [2.45, 2.75) is 70.1 Å². The highest BCUT2D eigenvalue weighted by Crippen LogP contribution is 2.46. The summed E-state index contributed by atoms with van der Waals surface area (Å²) in [7, 11) is 0. The molecule has 2 fully saturated rings. The molecule has 2 saturated carbocycles. The Labute approximate surface area is 152 Å². The number of aromatic nitrogens is 2. The van der Waals surface area contributed by atoms with Gasteiger partial charge in [-0.2, -0.15) is 0 Å². The van der Waals surface area contributed by atoms with E-state index >= 15 is 0 Å². The summed E-state index contributed by atoms with van der Waals surface area (Å²) in [5.74, 6) is -1.59. The summed E-state index contributed by atoms with van der Waals surface area (Å²) < 4.78 is 0. The van der Waals surface area contributed by atoms with Gasteiger partial charge in [-0.25, -0.2) is 4.98 Å². The Kier molecular flexibility index (Phi) is 4.63. The van der Waals surface area contributed by atoms with Crippen LogP contribution in [0.3, 0.4) is 0 Å². The predicted molar refractivity (Wildman–Crippen MR) is 94.0 cm³/mol. The first-order chi connectivity index (χ1) is 12.6. The molecule has 4 rings (SSSR count). The van der Waals surface area contributed by atoms with Gasteiger partial charge in [-0.15, -0.1) is 0 Å². The number of carbonyl (C=O) groups is 2. The first-order valence-electron chi connectivity index (χ1n) is 9.90. The first kappa shape index (κ1) is 17.4. The number of nitrogens with zero attached hydrogens (tertiary/aromatic N) is 2. The first-order valence-corrected chi connectivity index (χ1v) is 9.90. The monoisotopic (exact) mass is 359 g/mol. The zero-order valence-electron chi connectivity index (χ0n) is 14.9. The molecule has 0 aliphatic heterocycles. The van der Waals surface area contributed by atoms with Crippen LogP contribution in [0.5, 0.6) is 0 Å². The van der Waals surface area contributed by atoms with E-state index in [1.165, 1.54) is 6.42 Å². The molecule has 26 heavy (non-hydrogen) atoms. The highest BCUT2D eigenvalue weighted by atomic mass is 16.6. The van der Waals surface area contributed by atoms with Gasteiger partial charge in [0.25, 0.3) is 0 Å². The maximum atomic E-state index is 13.4. The van der Waals surface area contributed by atoms with E-state index < -0.39 is 22.7 Å². The Bertz CT molecular complexity index is 729. The van der Waals surface area contributed by atoms with Crippen molar-refractivity contribution in [2.24, 2.45) is 17.8 Å². The molecule has 7 heteroatoms. The lowest BCUT2D eigenvalue weighted by molar-refractivity contribution is -0.393. The molecule has 0 spiro atoms. The number of rotatable bonds is 3. The molecular formula is C19H25N3O4. The number of Topliss-reactive ketones (excluding diaryl/α,β-unsaturated/α-hetero) is 2. The second kappa shape index (κ2) is 6.93. The number of aromatic amines is 1. The van der Waals surface area contributed by atoms with E-state index in [0.29, 0.717) is 5.69 Å². The molecule has 140 valence electrons. The Morgan fingerprint density at radius 3 is 1.96 bits per heavy atom. The van der Waals surface area contributed by atoms with Crippen molar-refractivity contribution in [1.29, 1.82) is 0 Å². The standard InChI is InChI=1S/C19H25N3O4/c23-17-13(11-7-3-1-4-8-11)15-16(21-19(20-15)22(25)26)18(24)14(17)12-9-5-2-6-10-12/h11-14H,1-10H2,(H,20,21). The molecule has 0 bridgehead atoms. The molecule has 1 aromatic rings. The summed E-state index contributed by atoms with van der Waals surface area (Å²) in [5, 5.41) is 11.2. The average molecular weight is 359 g/mol. The Morgan fingerprint density at radius 1 is 0.885 bits per heavy atom. The van der Waals surface area contributed by atoms with Crippen LogP contribution >= 0.6 is 0 Å². The third kappa shape index (κ3) is 2.87. The second-order valence-corrected chi connectivity index (χ2v) is 8.10.